The van der Waals surface area contributed by atoms with Crippen LogP contribution in [0.4, 0.5) is 11.5 Å². The van der Waals surface area contributed by atoms with Crippen LogP contribution in [-0.2, 0) is 16.9 Å². The Balaban J connectivity index is 1.57. The van der Waals surface area contributed by atoms with Gasteiger partial charge in [0.1, 0.15) is 11.4 Å². The summed E-state index contributed by atoms with van der Waals surface area (Å²) < 4.78 is 26.2. The molecule has 1 aliphatic rings. The fraction of sp³-hybridized carbons (Fsp3) is 0.353. The highest BCUT2D eigenvalue weighted by Crippen LogP contribution is 2.19. The van der Waals surface area contributed by atoms with Gasteiger partial charge in [0.2, 0.25) is 0 Å². The number of carbonyl (C=O) groups is 2. The molecule has 31 heavy (non-hydrogen) atoms. The molecule has 0 aliphatic carbocycles. The summed E-state index contributed by atoms with van der Waals surface area (Å²) in [5, 5.41) is 13.8. The highest BCUT2D eigenvalue weighted by atomic mass is 32.2. The van der Waals surface area contributed by atoms with Crippen LogP contribution in [0.25, 0.3) is 5.65 Å². The SMILES string of the molecule is Cn1cc(NC(=O)c2cnn3ccc(N[C@H]4CCS(=O)(=O)C[C@H]4N)nc23)c(C(N)=O)n1. The number of nitrogens with one attached hydrogen (secondary N) is 2. The van der Waals surface area contributed by atoms with Crippen LogP contribution in [-0.4, -0.2) is 68.2 Å². The molecule has 4 rings (SSSR count). The largest absolute Gasteiger partial charge is 0.366 e. The molecule has 1 fully saturated rings. The van der Waals surface area contributed by atoms with E-state index in [1.54, 1.807) is 19.3 Å². The van der Waals surface area contributed by atoms with Gasteiger partial charge in [0.15, 0.2) is 21.2 Å². The first-order valence-electron chi connectivity index (χ1n) is 9.35. The second kappa shape index (κ2) is 7.63. The molecule has 13 nitrogen and oxygen atoms in total. The molecule has 0 bridgehead atoms. The topological polar surface area (TPSA) is 192 Å². The van der Waals surface area contributed by atoms with Crippen molar-refractivity contribution in [2.75, 3.05) is 22.1 Å². The van der Waals surface area contributed by atoms with Crippen LogP contribution in [0.15, 0.2) is 24.7 Å². The maximum absolute atomic E-state index is 12.8. The van der Waals surface area contributed by atoms with Crippen molar-refractivity contribution in [3.05, 3.63) is 35.9 Å². The van der Waals surface area contributed by atoms with Crippen LogP contribution in [0.3, 0.4) is 0 Å². The Hall–Kier alpha value is -3.52. The third kappa shape index (κ3) is 4.20. The van der Waals surface area contributed by atoms with Crippen LogP contribution in [0.1, 0.15) is 27.3 Å². The van der Waals surface area contributed by atoms with Gasteiger partial charge in [-0.2, -0.15) is 10.2 Å². The minimum atomic E-state index is -3.13. The van der Waals surface area contributed by atoms with E-state index < -0.39 is 27.7 Å². The lowest BCUT2D eigenvalue weighted by Gasteiger charge is -2.29. The van der Waals surface area contributed by atoms with Crippen molar-refractivity contribution in [2.45, 2.75) is 18.5 Å². The predicted molar refractivity (Wildman–Crippen MR) is 111 cm³/mol. The number of aromatic nitrogens is 5. The third-order valence-corrected chi connectivity index (χ3v) is 6.71. The lowest BCUT2D eigenvalue weighted by molar-refractivity contribution is 0.0995. The van der Waals surface area contributed by atoms with Crippen LogP contribution in [0.2, 0.25) is 0 Å². The van der Waals surface area contributed by atoms with Gasteiger partial charge in [0.05, 0.1) is 23.4 Å². The summed E-state index contributed by atoms with van der Waals surface area (Å²) in [4.78, 5) is 28.8. The predicted octanol–water partition coefficient (Wildman–Crippen LogP) is -1.26. The van der Waals surface area contributed by atoms with Crippen molar-refractivity contribution < 1.29 is 18.0 Å². The highest BCUT2D eigenvalue weighted by molar-refractivity contribution is 7.91. The monoisotopic (exact) mass is 447 g/mol. The molecule has 2 amide bonds. The second-order valence-electron chi connectivity index (χ2n) is 7.34. The van der Waals surface area contributed by atoms with Crippen molar-refractivity contribution in [3.8, 4) is 0 Å². The zero-order valence-corrected chi connectivity index (χ0v) is 17.3. The summed E-state index contributed by atoms with van der Waals surface area (Å²) in [6.07, 6.45) is 4.79. The van der Waals surface area contributed by atoms with E-state index in [4.69, 9.17) is 11.5 Å². The molecule has 0 spiro atoms. The summed E-state index contributed by atoms with van der Waals surface area (Å²) >= 11 is 0. The molecule has 0 unspecified atom stereocenters. The number of anilines is 2. The first-order valence-corrected chi connectivity index (χ1v) is 11.2. The van der Waals surface area contributed by atoms with Crippen LogP contribution in [0.5, 0.6) is 0 Å². The van der Waals surface area contributed by atoms with Gasteiger partial charge >= 0.3 is 0 Å². The van der Waals surface area contributed by atoms with Gasteiger partial charge in [-0.1, -0.05) is 0 Å². The summed E-state index contributed by atoms with van der Waals surface area (Å²) in [5.74, 6) is -0.933. The third-order valence-electron chi connectivity index (χ3n) is 4.96. The zero-order chi connectivity index (χ0) is 22.3. The number of sulfone groups is 1. The average Bonchev–Trinajstić information content (AvgIpc) is 3.26. The number of nitrogens with two attached hydrogens (primary N) is 2. The molecule has 0 aromatic carbocycles. The van der Waals surface area contributed by atoms with E-state index in [-0.39, 0.29) is 40.1 Å². The zero-order valence-electron chi connectivity index (χ0n) is 16.5. The quantitative estimate of drug-likeness (QED) is 0.369. The van der Waals surface area contributed by atoms with Gasteiger partial charge in [-0.3, -0.25) is 14.3 Å². The number of primary amides is 1. The van der Waals surface area contributed by atoms with Gasteiger partial charge in [-0.05, 0) is 12.5 Å². The van der Waals surface area contributed by atoms with Crippen LogP contribution in [0, 0.1) is 0 Å². The first-order chi connectivity index (χ1) is 14.6. The van der Waals surface area contributed by atoms with E-state index in [9.17, 15) is 18.0 Å². The second-order valence-corrected chi connectivity index (χ2v) is 9.57. The molecular weight excluding hydrogens is 426 g/mol. The van der Waals surface area contributed by atoms with Crippen molar-refractivity contribution >= 4 is 38.8 Å². The first kappa shape index (κ1) is 20.7. The Morgan fingerprint density at radius 2 is 2.10 bits per heavy atom. The molecule has 1 saturated heterocycles. The number of carbonyl (C=O) groups excluding carboxylic acids is 2. The van der Waals surface area contributed by atoms with Gasteiger partial charge < -0.3 is 22.1 Å². The van der Waals surface area contributed by atoms with Crippen LogP contribution >= 0.6 is 0 Å². The van der Waals surface area contributed by atoms with Gasteiger partial charge in [-0.25, -0.2) is 17.9 Å². The average molecular weight is 447 g/mol. The smallest absolute Gasteiger partial charge is 0.271 e. The van der Waals surface area contributed by atoms with E-state index >= 15 is 0 Å². The molecule has 0 saturated carbocycles. The minimum absolute atomic E-state index is 0.0499. The Kier molecular flexibility index (Phi) is 5.10. The maximum atomic E-state index is 12.8. The number of rotatable bonds is 5. The molecule has 6 N–H and O–H groups in total. The van der Waals surface area contributed by atoms with Crippen LogP contribution < -0.4 is 22.1 Å². The van der Waals surface area contributed by atoms with Crippen molar-refractivity contribution in [3.63, 3.8) is 0 Å². The number of hydrogen-bond acceptors (Lipinski definition) is 9. The van der Waals surface area contributed by atoms with Crippen molar-refractivity contribution in [1.82, 2.24) is 24.4 Å². The summed E-state index contributed by atoms with van der Waals surface area (Å²) in [7, 11) is -1.54. The van der Waals surface area contributed by atoms with E-state index in [0.29, 0.717) is 12.2 Å². The fourth-order valence-electron chi connectivity index (χ4n) is 3.44. The van der Waals surface area contributed by atoms with E-state index in [2.05, 4.69) is 25.8 Å². The van der Waals surface area contributed by atoms with E-state index in [1.165, 1.54) is 21.6 Å². The minimum Gasteiger partial charge on any atom is -0.366 e. The highest BCUT2D eigenvalue weighted by Gasteiger charge is 2.31. The molecule has 14 heteroatoms. The van der Waals surface area contributed by atoms with E-state index in [0.717, 1.165) is 0 Å². The molecule has 0 radical (unpaired) electrons. The Bertz CT molecular complexity index is 1280. The molecule has 2 atom stereocenters. The molecule has 4 heterocycles. The summed E-state index contributed by atoms with van der Waals surface area (Å²) in [5.41, 5.74) is 11.8. The Labute approximate surface area is 176 Å². The normalized spacial score (nSPS) is 20.5. The number of hydrogen-bond donors (Lipinski definition) is 4. The van der Waals surface area contributed by atoms with E-state index in [1.807, 2.05) is 0 Å². The molecule has 3 aromatic rings. The lowest BCUT2D eigenvalue weighted by atomic mass is 10.1. The lowest BCUT2D eigenvalue weighted by Crippen LogP contribution is -2.50. The molecule has 3 aromatic heterocycles. The standard InChI is InChI=1S/C17H21N9O4S/c1-25-7-12(14(24-25)15(19)27)22-17(28)9-6-20-26-4-2-13(23-16(9)26)21-11-3-5-31(29,30)8-10(11)18/h2,4,6-7,10-11H,3,5,8,18H2,1H3,(H2,19,27)(H,21,23)(H,22,28)/t10-,11+/m1/s1. The van der Waals surface area contributed by atoms with Crippen molar-refractivity contribution in [1.29, 1.82) is 0 Å². The molecule has 1 aliphatic heterocycles. The van der Waals surface area contributed by atoms with Gasteiger partial charge in [-0.15, -0.1) is 0 Å². The maximum Gasteiger partial charge on any atom is 0.271 e. The molecule has 164 valence electrons. The van der Waals surface area contributed by atoms with Gasteiger partial charge in [0.25, 0.3) is 11.8 Å². The summed E-state index contributed by atoms with van der Waals surface area (Å²) in [6, 6.07) is 0.818. The summed E-state index contributed by atoms with van der Waals surface area (Å²) in [6.45, 7) is 0. The van der Waals surface area contributed by atoms with Crippen molar-refractivity contribution in [2.24, 2.45) is 18.5 Å². The Morgan fingerprint density at radius 1 is 1.32 bits per heavy atom. The number of amides is 2. The number of aryl methyl sites for hydroxylation is 1. The molecular formula is C17H21N9O4S. The Morgan fingerprint density at radius 3 is 2.81 bits per heavy atom. The number of fused-ring (bicyclic) bond motifs is 1. The number of nitrogens with zero attached hydrogens (tertiary/aromatic N) is 5. The van der Waals surface area contributed by atoms with Gasteiger partial charge in [0, 0.05) is 31.5 Å². The fourth-order valence-corrected chi connectivity index (χ4v) is 5.04.